The molecule has 30 heavy (non-hydrogen) atoms. The van der Waals surface area contributed by atoms with Crippen molar-refractivity contribution in [3.63, 3.8) is 0 Å². The Bertz CT molecular complexity index is 908. The molecular formula is C21H23F2N3O3S. The number of anilines is 1. The SMILES string of the molecule is CC1C(NC(=O)c2ccc(Oc3ccc(NC(=O)C(F)F)cc3)s2)C2CCN1CC2. The summed E-state index contributed by atoms with van der Waals surface area (Å²) in [5.74, 6) is -0.432. The fourth-order valence-electron chi connectivity index (χ4n) is 4.18. The number of alkyl halides is 2. The molecule has 1 aromatic carbocycles. The van der Waals surface area contributed by atoms with Crippen LogP contribution in [0.2, 0.25) is 0 Å². The minimum atomic E-state index is -3.07. The summed E-state index contributed by atoms with van der Waals surface area (Å²) < 4.78 is 30.3. The first-order valence-corrected chi connectivity index (χ1v) is 10.7. The van der Waals surface area contributed by atoms with Crippen LogP contribution in [0.4, 0.5) is 14.5 Å². The molecule has 0 aliphatic carbocycles. The summed E-state index contributed by atoms with van der Waals surface area (Å²) >= 11 is 1.25. The molecule has 3 fully saturated rings. The molecule has 2 N–H and O–H groups in total. The molecule has 2 unspecified atom stereocenters. The van der Waals surface area contributed by atoms with Crippen LogP contribution in [-0.4, -0.2) is 48.3 Å². The first-order chi connectivity index (χ1) is 14.4. The summed E-state index contributed by atoms with van der Waals surface area (Å²) in [5, 5.41) is 5.86. The molecule has 3 aliphatic rings. The normalized spacial score (nSPS) is 25.2. The van der Waals surface area contributed by atoms with Gasteiger partial charge in [-0.2, -0.15) is 8.78 Å². The molecule has 6 nitrogen and oxygen atoms in total. The summed E-state index contributed by atoms with van der Waals surface area (Å²) in [7, 11) is 0. The number of hydrogen-bond donors (Lipinski definition) is 2. The lowest BCUT2D eigenvalue weighted by molar-refractivity contribution is -0.126. The molecule has 5 rings (SSSR count). The van der Waals surface area contributed by atoms with E-state index in [2.05, 4.69) is 22.5 Å². The van der Waals surface area contributed by atoms with E-state index in [9.17, 15) is 18.4 Å². The number of rotatable bonds is 6. The Morgan fingerprint density at radius 3 is 2.47 bits per heavy atom. The smallest absolute Gasteiger partial charge is 0.315 e. The number of nitrogens with one attached hydrogen (secondary N) is 2. The second kappa shape index (κ2) is 8.69. The largest absolute Gasteiger partial charge is 0.447 e. The minimum absolute atomic E-state index is 0.0921. The molecule has 3 saturated heterocycles. The molecule has 2 aromatic rings. The lowest BCUT2D eigenvalue weighted by Gasteiger charge is -2.49. The zero-order chi connectivity index (χ0) is 21.3. The minimum Gasteiger partial charge on any atom is -0.447 e. The van der Waals surface area contributed by atoms with Gasteiger partial charge in [-0.25, -0.2) is 0 Å². The molecule has 0 spiro atoms. The average Bonchev–Trinajstić information content (AvgIpc) is 3.21. The summed E-state index contributed by atoms with van der Waals surface area (Å²) in [5.41, 5.74) is 0.255. The Hall–Kier alpha value is -2.52. The number of piperidine rings is 3. The van der Waals surface area contributed by atoms with Crippen molar-refractivity contribution in [1.82, 2.24) is 10.2 Å². The predicted octanol–water partition coefficient (Wildman–Crippen LogP) is 3.96. The molecule has 2 amide bonds. The van der Waals surface area contributed by atoms with Gasteiger partial charge in [-0.3, -0.25) is 14.5 Å². The molecular weight excluding hydrogens is 412 g/mol. The van der Waals surface area contributed by atoms with Crippen LogP contribution in [0.5, 0.6) is 10.8 Å². The van der Waals surface area contributed by atoms with Gasteiger partial charge in [0.2, 0.25) is 0 Å². The van der Waals surface area contributed by atoms with Crippen molar-refractivity contribution in [2.45, 2.75) is 38.3 Å². The third-order valence-corrected chi connectivity index (χ3v) is 6.78. The van der Waals surface area contributed by atoms with E-state index in [-0.39, 0.29) is 17.6 Å². The molecule has 1 aromatic heterocycles. The zero-order valence-electron chi connectivity index (χ0n) is 16.4. The number of nitrogens with zero attached hydrogens (tertiary/aromatic N) is 1. The van der Waals surface area contributed by atoms with Crippen molar-refractivity contribution < 1.29 is 23.1 Å². The van der Waals surface area contributed by atoms with E-state index in [1.54, 1.807) is 24.3 Å². The molecule has 2 atom stereocenters. The summed E-state index contributed by atoms with van der Waals surface area (Å²) in [6.07, 6.45) is -0.815. The molecule has 160 valence electrons. The molecule has 0 saturated carbocycles. The predicted molar refractivity (Wildman–Crippen MR) is 110 cm³/mol. The van der Waals surface area contributed by atoms with Gasteiger partial charge in [-0.05, 0) is 75.2 Å². The first kappa shape index (κ1) is 20.7. The Morgan fingerprint density at radius 1 is 1.13 bits per heavy atom. The fraction of sp³-hybridized carbons (Fsp3) is 0.429. The maximum absolute atomic E-state index is 12.7. The van der Waals surface area contributed by atoms with Gasteiger partial charge in [0.05, 0.1) is 4.88 Å². The van der Waals surface area contributed by atoms with Crippen LogP contribution in [0.3, 0.4) is 0 Å². The monoisotopic (exact) mass is 435 g/mol. The number of thiophene rings is 1. The molecule has 0 radical (unpaired) electrons. The number of carbonyl (C=O) groups excluding carboxylic acids is 2. The van der Waals surface area contributed by atoms with Crippen molar-refractivity contribution >= 4 is 28.8 Å². The second-order valence-electron chi connectivity index (χ2n) is 7.65. The molecule has 4 heterocycles. The number of hydrogen-bond acceptors (Lipinski definition) is 5. The van der Waals surface area contributed by atoms with Gasteiger partial charge in [-0.15, -0.1) is 0 Å². The van der Waals surface area contributed by atoms with E-state index < -0.39 is 12.3 Å². The maximum Gasteiger partial charge on any atom is 0.315 e. The van der Waals surface area contributed by atoms with Crippen LogP contribution in [0.1, 0.15) is 29.4 Å². The van der Waals surface area contributed by atoms with Crippen LogP contribution in [0.25, 0.3) is 0 Å². The summed E-state index contributed by atoms with van der Waals surface area (Å²) in [6, 6.07) is 10.1. The van der Waals surface area contributed by atoms with Crippen molar-refractivity contribution in [1.29, 1.82) is 0 Å². The third kappa shape index (κ3) is 4.46. The van der Waals surface area contributed by atoms with E-state index in [1.165, 1.54) is 23.5 Å². The lowest BCUT2D eigenvalue weighted by Crippen LogP contribution is -2.62. The Labute approximate surface area is 177 Å². The Kier molecular flexibility index (Phi) is 6.01. The van der Waals surface area contributed by atoms with Crippen molar-refractivity contribution in [2.75, 3.05) is 18.4 Å². The highest BCUT2D eigenvalue weighted by Gasteiger charge is 2.40. The second-order valence-corrected chi connectivity index (χ2v) is 8.69. The van der Waals surface area contributed by atoms with Crippen LogP contribution in [0, 0.1) is 5.92 Å². The van der Waals surface area contributed by atoms with Gasteiger partial charge in [0.15, 0.2) is 5.06 Å². The number of amides is 2. The fourth-order valence-corrected chi connectivity index (χ4v) is 4.96. The number of halogens is 2. The van der Waals surface area contributed by atoms with Crippen LogP contribution < -0.4 is 15.4 Å². The Balaban J connectivity index is 1.35. The summed E-state index contributed by atoms with van der Waals surface area (Å²) in [6.45, 7) is 4.40. The van der Waals surface area contributed by atoms with Gasteiger partial charge in [0.25, 0.3) is 11.8 Å². The standard InChI is InChI=1S/C21H23F2N3O3S/c1-12-18(13-8-10-26(12)11-9-13)25-20(27)16-6-7-17(30-16)29-15-4-2-14(3-5-15)24-21(28)19(22)23/h2-7,12-13,18-19H,8-11H2,1H3,(H,24,28)(H,25,27). The van der Waals surface area contributed by atoms with Crippen LogP contribution >= 0.6 is 11.3 Å². The average molecular weight is 435 g/mol. The van der Waals surface area contributed by atoms with Crippen LogP contribution in [-0.2, 0) is 4.79 Å². The maximum atomic E-state index is 12.7. The third-order valence-electron chi connectivity index (χ3n) is 5.82. The van der Waals surface area contributed by atoms with E-state index in [0.717, 1.165) is 25.9 Å². The Morgan fingerprint density at radius 2 is 1.83 bits per heavy atom. The van der Waals surface area contributed by atoms with Gasteiger partial charge in [-0.1, -0.05) is 11.3 Å². The molecule has 2 bridgehead atoms. The van der Waals surface area contributed by atoms with Crippen molar-refractivity contribution in [3.05, 3.63) is 41.3 Å². The van der Waals surface area contributed by atoms with E-state index >= 15 is 0 Å². The van der Waals surface area contributed by atoms with Gasteiger partial charge in [0.1, 0.15) is 5.75 Å². The lowest BCUT2D eigenvalue weighted by atomic mass is 9.79. The first-order valence-electron chi connectivity index (χ1n) is 9.92. The number of carbonyl (C=O) groups is 2. The zero-order valence-corrected chi connectivity index (χ0v) is 17.3. The van der Waals surface area contributed by atoms with E-state index in [1.807, 2.05) is 0 Å². The number of benzene rings is 1. The van der Waals surface area contributed by atoms with Gasteiger partial charge < -0.3 is 15.4 Å². The van der Waals surface area contributed by atoms with E-state index in [0.29, 0.717) is 27.6 Å². The highest BCUT2D eigenvalue weighted by molar-refractivity contribution is 7.15. The van der Waals surface area contributed by atoms with Crippen molar-refractivity contribution in [2.24, 2.45) is 5.92 Å². The topological polar surface area (TPSA) is 70.7 Å². The highest BCUT2D eigenvalue weighted by Crippen LogP contribution is 2.34. The van der Waals surface area contributed by atoms with E-state index in [4.69, 9.17) is 4.74 Å². The summed E-state index contributed by atoms with van der Waals surface area (Å²) in [4.78, 5) is 26.8. The van der Waals surface area contributed by atoms with Gasteiger partial charge >= 0.3 is 6.43 Å². The van der Waals surface area contributed by atoms with Crippen LogP contribution in [0.15, 0.2) is 36.4 Å². The quantitative estimate of drug-likeness (QED) is 0.721. The van der Waals surface area contributed by atoms with Crippen molar-refractivity contribution in [3.8, 4) is 10.8 Å². The van der Waals surface area contributed by atoms with Gasteiger partial charge in [0, 0.05) is 17.8 Å². The molecule has 3 aliphatic heterocycles. The highest BCUT2D eigenvalue weighted by atomic mass is 32.1. The number of ether oxygens (including phenoxy) is 1. The molecule has 9 heteroatoms. The number of fused-ring (bicyclic) bond motifs is 3.